The Kier molecular flexibility index (Phi) is 5.44. The summed E-state index contributed by atoms with van der Waals surface area (Å²) >= 11 is 3.15. The maximum Gasteiger partial charge on any atom is 0.418 e. The van der Waals surface area contributed by atoms with Gasteiger partial charge in [-0.05, 0) is 24.1 Å². The third-order valence-electron chi connectivity index (χ3n) is 2.63. The smallest absolute Gasteiger partial charge is 0.418 e. The van der Waals surface area contributed by atoms with E-state index in [0.717, 1.165) is 6.07 Å². The summed E-state index contributed by atoms with van der Waals surface area (Å²) < 4.78 is 43.6. The van der Waals surface area contributed by atoms with E-state index in [4.69, 9.17) is 4.74 Å². The zero-order chi connectivity index (χ0) is 15.5. The highest BCUT2D eigenvalue weighted by Gasteiger charge is 2.35. The minimum atomic E-state index is -4.57. The highest BCUT2D eigenvalue weighted by Crippen LogP contribution is 2.37. The number of carbonyl (C=O) groups excluding carboxylic acids is 1. The van der Waals surface area contributed by atoms with Gasteiger partial charge in [0.25, 0.3) is 0 Å². The maximum atomic E-state index is 13.0. The van der Waals surface area contributed by atoms with Gasteiger partial charge in [-0.15, -0.1) is 0 Å². The number of anilines is 1. The lowest BCUT2D eigenvalue weighted by molar-refractivity contribution is -0.137. The largest absolute Gasteiger partial charge is 0.497 e. The van der Waals surface area contributed by atoms with E-state index in [-0.39, 0.29) is 17.4 Å². The highest BCUT2D eigenvalue weighted by atomic mass is 79.9. The number of methoxy groups -OCH3 is 1. The molecular formula is C13H15BrF3NO2. The maximum absolute atomic E-state index is 13.0. The molecule has 1 aromatic carbocycles. The molecule has 0 saturated carbocycles. The van der Waals surface area contributed by atoms with Crippen LogP contribution in [0.15, 0.2) is 18.2 Å². The van der Waals surface area contributed by atoms with Crippen LogP contribution in [0.2, 0.25) is 0 Å². The van der Waals surface area contributed by atoms with Crippen LogP contribution < -0.4 is 10.1 Å². The molecule has 0 fully saturated rings. The molecule has 1 N–H and O–H groups in total. The zero-order valence-electron chi connectivity index (χ0n) is 11.2. The summed E-state index contributed by atoms with van der Waals surface area (Å²) in [6.45, 7) is 3.58. The van der Waals surface area contributed by atoms with Gasteiger partial charge < -0.3 is 10.1 Å². The SMILES string of the molecule is COc1ccc(NC(=O)C(Br)C(C)C)c(C(F)(F)F)c1. The Morgan fingerprint density at radius 1 is 1.35 bits per heavy atom. The summed E-state index contributed by atoms with van der Waals surface area (Å²) in [5, 5.41) is 2.29. The van der Waals surface area contributed by atoms with Gasteiger partial charge in [0.05, 0.1) is 23.2 Å². The van der Waals surface area contributed by atoms with Crippen molar-refractivity contribution in [1.29, 1.82) is 0 Å². The lowest BCUT2D eigenvalue weighted by Gasteiger charge is -2.18. The second-order valence-corrected chi connectivity index (χ2v) is 5.53. The summed E-state index contributed by atoms with van der Waals surface area (Å²) in [4.78, 5) is 11.3. The van der Waals surface area contributed by atoms with Crippen LogP contribution in [0.5, 0.6) is 5.75 Å². The van der Waals surface area contributed by atoms with E-state index in [0.29, 0.717) is 0 Å². The van der Waals surface area contributed by atoms with E-state index in [1.165, 1.54) is 19.2 Å². The molecule has 0 bridgehead atoms. The number of rotatable bonds is 4. The number of benzene rings is 1. The number of amides is 1. The van der Waals surface area contributed by atoms with E-state index < -0.39 is 22.5 Å². The predicted octanol–water partition coefficient (Wildman–Crippen LogP) is 4.07. The normalized spacial score (nSPS) is 13.2. The van der Waals surface area contributed by atoms with Gasteiger partial charge in [-0.1, -0.05) is 29.8 Å². The van der Waals surface area contributed by atoms with Gasteiger partial charge in [0, 0.05) is 0 Å². The molecule has 0 spiro atoms. The van der Waals surface area contributed by atoms with E-state index in [9.17, 15) is 18.0 Å². The van der Waals surface area contributed by atoms with Crippen molar-refractivity contribution in [3.8, 4) is 5.75 Å². The van der Waals surface area contributed by atoms with Gasteiger partial charge >= 0.3 is 6.18 Å². The molecule has 0 aliphatic heterocycles. The molecule has 112 valence electrons. The van der Waals surface area contributed by atoms with Gasteiger partial charge in [0.1, 0.15) is 5.75 Å². The van der Waals surface area contributed by atoms with Crippen molar-refractivity contribution >= 4 is 27.5 Å². The summed E-state index contributed by atoms with van der Waals surface area (Å²) in [7, 11) is 1.28. The van der Waals surface area contributed by atoms with Gasteiger partial charge in [-0.25, -0.2) is 0 Å². The minimum Gasteiger partial charge on any atom is -0.497 e. The first-order chi connectivity index (χ1) is 9.16. The molecular weight excluding hydrogens is 339 g/mol. The number of alkyl halides is 4. The van der Waals surface area contributed by atoms with Crippen molar-refractivity contribution in [3.63, 3.8) is 0 Å². The quantitative estimate of drug-likeness (QED) is 0.828. The molecule has 0 radical (unpaired) electrons. The number of carbonyl (C=O) groups is 1. The Morgan fingerprint density at radius 3 is 2.40 bits per heavy atom. The molecule has 0 aliphatic carbocycles. The van der Waals surface area contributed by atoms with Crippen LogP contribution in [0.1, 0.15) is 19.4 Å². The van der Waals surface area contributed by atoms with Crippen molar-refractivity contribution in [1.82, 2.24) is 0 Å². The Balaban J connectivity index is 3.09. The minimum absolute atomic E-state index is 0.0393. The second kappa shape index (κ2) is 6.47. The molecule has 0 heterocycles. The van der Waals surface area contributed by atoms with Crippen LogP contribution >= 0.6 is 15.9 Å². The van der Waals surface area contributed by atoms with Crippen LogP contribution in [0.4, 0.5) is 18.9 Å². The first kappa shape index (κ1) is 16.8. The van der Waals surface area contributed by atoms with Crippen LogP contribution in [0.3, 0.4) is 0 Å². The van der Waals surface area contributed by atoms with Crippen LogP contribution in [-0.2, 0) is 11.0 Å². The summed E-state index contributed by atoms with van der Waals surface area (Å²) in [6, 6.07) is 3.40. The molecule has 1 amide bonds. The first-order valence-electron chi connectivity index (χ1n) is 5.87. The molecule has 0 aromatic heterocycles. The number of hydrogen-bond acceptors (Lipinski definition) is 2. The van der Waals surface area contributed by atoms with E-state index in [1.54, 1.807) is 13.8 Å². The fraction of sp³-hybridized carbons (Fsp3) is 0.462. The van der Waals surface area contributed by atoms with Crippen molar-refractivity contribution in [2.45, 2.75) is 24.9 Å². The number of halogens is 4. The Morgan fingerprint density at radius 2 is 1.95 bits per heavy atom. The van der Waals surface area contributed by atoms with Gasteiger partial charge in [0.2, 0.25) is 5.91 Å². The van der Waals surface area contributed by atoms with Crippen molar-refractivity contribution in [2.24, 2.45) is 5.92 Å². The lowest BCUT2D eigenvalue weighted by atomic mass is 10.1. The highest BCUT2D eigenvalue weighted by molar-refractivity contribution is 9.10. The average molecular weight is 354 g/mol. The molecule has 0 saturated heterocycles. The van der Waals surface area contributed by atoms with Crippen molar-refractivity contribution in [3.05, 3.63) is 23.8 Å². The third kappa shape index (κ3) is 4.13. The fourth-order valence-corrected chi connectivity index (χ4v) is 1.61. The monoisotopic (exact) mass is 353 g/mol. The Labute approximate surface area is 123 Å². The van der Waals surface area contributed by atoms with Crippen molar-refractivity contribution < 1.29 is 22.7 Å². The third-order valence-corrected chi connectivity index (χ3v) is 4.10. The molecule has 7 heteroatoms. The van der Waals surface area contributed by atoms with E-state index in [1.807, 2.05) is 0 Å². The lowest BCUT2D eigenvalue weighted by Crippen LogP contribution is -2.28. The molecule has 1 aromatic rings. The molecule has 3 nitrogen and oxygen atoms in total. The van der Waals surface area contributed by atoms with Gasteiger partial charge in [-0.2, -0.15) is 13.2 Å². The average Bonchev–Trinajstić information content (AvgIpc) is 2.36. The van der Waals surface area contributed by atoms with Gasteiger partial charge in [-0.3, -0.25) is 4.79 Å². The summed E-state index contributed by atoms with van der Waals surface area (Å²) in [5.41, 5.74) is -1.22. The standard InChI is InChI=1S/C13H15BrF3NO2/c1-7(2)11(14)12(19)18-10-5-4-8(20-3)6-9(10)13(15,16)17/h4-7,11H,1-3H3,(H,18,19). The molecule has 1 rings (SSSR count). The van der Waals surface area contributed by atoms with E-state index >= 15 is 0 Å². The molecule has 1 unspecified atom stereocenters. The zero-order valence-corrected chi connectivity index (χ0v) is 12.8. The number of ether oxygens (including phenoxy) is 1. The Hall–Kier alpha value is -1.24. The molecule has 1 atom stereocenters. The summed E-state index contributed by atoms with van der Waals surface area (Å²) in [6.07, 6.45) is -4.57. The van der Waals surface area contributed by atoms with Crippen LogP contribution in [0, 0.1) is 5.92 Å². The predicted molar refractivity (Wildman–Crippen MR) is 74.2 cm³/mol. The van der Waals surface area contributed by atoms with Crippen molar-refractivity contribution in [2.75, 3.05) is 12.4 Å². The first-order valence-corrected chi connectivity index (χ1v) is 6.78. The van der Waals surface area contributed by atoms with E-state index in [2.05, 4.69) is 21.2 Å². The van der Waals surface area contributed by atoms with Crippen LogP contribution in [0.25, 0.3) is 0 Å². The van der Waals surface area contributed by atoms with Gasteiger partial charge in [0.15, 0.2) is 0 Å². The van der Waals surface area contributed by atoms with Crippen LogP contribution in [-0.4, -0.2) is 17.8 Å². The molecule has 0 aliphatic rings. The number of nitrogens with one attached hydrogen (secondary N) is 1. The second-order valence-electron chi connectivity index (χ2n) is 4.54. The fourth-order valence-electron chi connectivity index (χ4n) is 1.50. The topological polar surface area (TPSA) is 38.3 Å². The molecule has 20 heavy (non-hydrogen) atoms. The number of hydrogen-bond donors (Lipinski definition) is 1. The Bertz CT molecular complexity index is 489. The summed E-state index contributed by atoms with van der Waals surface area (Å²) in [5.74, 6) is -0.479.